The molecule has 0 aromatic heterocycles. The van der Waals surface area contributed by atoms with Crippen LogP contribution >= 0.6 is 0 Å². The summed E-state index contributed by atoms with van der Waals surface area (Å²) in [6.45, 7) is 1.73. The SMILES string of the molecule is CN(C)Cc1ccc(C(=O)/C=C/c2ccccc2CN(C)C)cc1. The molecular formula is C21H26N2O. The summed E-state index contributed by atoms with van der Waals surface area (Å²) >= 11 is 0. The Hall–Kier alpha value is -2.23. The van der Waals surface area contributed by atoms with Crippen molar-refractivity contribution in [1.29, 1.82) is 0 Å². The first-order valence-corrected chi connectivity index (χ1v) is 8.14. The average Bonchev–Trinajstić information content (AvgIpc) is 2.53. The molecular weight excluding hydrogens is 296 g/mol. The van der Waals surface area contributed by atoms with Crippen LogP contribution in [0.5, 0.6) is 0 Å². The van der Waals surface area contributed by atoms with Gasteiger partial charge in [0.25, 0.3) is 0 Å². The van der Waals surface area contributed by atoms with Crippen LogP contribution in [0.15, 0.2) is 54.6 Å². The van der Waals surface area contributed by atoms with Crippen molar-refractivity contribution in [3.05, 3.63) is 76.9 Å². The number of carbonyl (C=O) groups excluding carboxylic acids is 1. The predicted molar refractivity (Wildman–Crippen MR) is 101 cm³/mol. The molecule has 0 saturated heterocycles. The Balaban J connectivity index is 2.10. The fraction of sp³-hybridized carbons (Fsp3) is 0.286. The van der Waals surface area contributed by atoms with Gasteiger partial charge < -0.3 is 9.80 Å². The summed E-state index contributed by atoms with van der Waals surface area (Å²) in [5, 5.41) is 0. The third kappa shape index (κ3) is 5.44. The van der Waals surface area contributed by atoms with Gasteiger partial charge in [0, 0.05) is 18.7 Å². The zero-order chi connectivity index (χ0) is 17.5. The lowest BCUT2D eigenvalue weighted by Crippen LogP contribution is -2.11. The van der Waals surface area contributed by atoms with E-state index in [4.69, 9.17) is 0 Å². The second-order valence-corrected chi connectivity index (χ2v) is 6.57. The second-order valence-electron chi connectivity index (χ2n) is 6.57. The van der Waals surface area contributed by atoms with Crippen molar-refractivity contribution in [3.8, 4) is 0 Å². The van der Waals surface area contributed by atoms with Gasteiger partial charge in [-0.3, -0.25) is 4.79 Å². The fourth-order valence-corrected chi connectivity index (χ4v) is 2.58. The number of hydrogen-bond acceptors (Lipinski definition) is 3. The molecule has 0 unspecified atom stereocenters. The molecule has 0 saturated carbocycles. The normalized spacial score (nSPS) is 11.6. The number of hydrogen-bond donors (Lipinski definition) is 0. The molecule has 24 heavy (non-hydrogen) atoms. The molecule has 0 atom stereocenters. The summed E-state index contributed by atoms with van der Waals surface area (Å²) in [6.07, 6.45) is 3.57. The van der Waals surface area contributed by atoms with E-state index in [1.165, 1.54) is 11.1 Å². The number of carbonyl (C=O) groups is 1. The van der Waals surface area contributed by atoms with E-state index < -0.39 is 0 Å². The number of benzene rings is 2. The van der Waals surface area contributed by atoms with Gasteiger partial charge in [0.1, 0.15) is 0 Å². The molecule has 0 heterocycles. The standard InChI is InChI=1S/C21H26N2O/c1-22(2)15-17-9-11-19(12-10-17)21(24)14-13-18-7-5-6-8-20(18)16-23(3)4/h5-14H,15-16H2,1-4H3/b14-13+. The van der Waals surface area contributed by atoms with Crippen LogP contribution in [0, 0.1) is 0 Å². The zero-order valence-corrected chi connectivity index (χ0v) is 15.0. The Kier molecular flexibility index (Phi) is 6.47. The van der Waals surface area contributed by atoms with Crippen LogP contribution in [-0.2, 0) is 13.1 Å². The monoisotopic (exact) mass is 322 g/mol. The Morgan fingerprint density at radius 1 is 0.875 bits per heavy atom. The lowest BCUT2D eigenvalue weighted by atomic mass is 10.0. The van der Waals surface area contributed by atoms with Crippen LogP contribution in [0.3, 0.4) is 0 Å². The van der Waals surface area contributed by atoms with Crippen molar-refractivity contribution in [3.63, 3.8) is 0 Å². The van der Waals surface area contributed by atoms with Gasteiger partial charge in [-0.05, 0) is 51.0 Å². The minimum atomic E-state index is 0.0334. The topological polar surface area (TPSA) is 23.6 Å². The lowest BCUT2D eigenvalue weighted by molar-refractivity contribution is 0.104. The second kappa shape index (κ2) is 8.57. The van der Waals surface area contributed by atoms with Crippen LogP contribution in [0.4, 0.5) is 0 Å². The summed E-state index contributed by atoms with van der Waals surface area (Å²) in [6, 6.07) is 16.0. The van der Waals surface area contributed by atoms with Gasteiger partial charge in [0.15, 0.2) is 5.78 Å². The molecule has 0 fully saturated rings. The van der Waals surface area contributed by atoms with Gasteiger partial charge in [-0.2, -0.15) is 0 Å². The first-order chi connectivity index (χ1) is 11.5. The number of nitrogens with zero attached hydrogens (tertiary/aromatic N) is 2. The number of rotatable bonds is 7. The first kappa shape index (κ1) is 18.1. The molecule has 0 aliphatic carbocycles. The molecule has 0 spiro atoms. The summed E-state index contributed by atoms with van der Waals surface area (Å²) < 4.78 is 0. The van der Waals surface area contributed by atoms with Crippen molar-refractivity contribution in [1.82, 2.24) is 9.80 Å². The Bertz CT molecular complexity index is 700. The molecule has 0 amide bonds. The Morgan fingerprint density at radius 2 is 1.50 bits per heavy atom. The quantitative estimate of drug-likeness (QED) is 0.573. The summed E-state index contributed by atoms with van der Waals surface area (Å²) in [4.78, 5) is 16.6. The van der Waals surface area contributed by atoms with Gasteiger partial charge in [-0.15, -0.1) is 0 Å². The van der Waals surface area contributed by atoms with Gasteiger partial charge in [0.2, 0.25) is 0 Å². The molecule has 126 valence electrons. The Morgan fingerprint density at radius 3 is 2.12 bits per heavy atom. The highest BCUT2D eigenvalue weighted by Crippen LogP contribution is 2.14. The van der Waals surface area contributed by atoms with Crippen LogP contribution in [0.25, 0.3) is 6.08 Å². The highest BCUT2D eigenvalue weighted by molar-refractivity contribution is 6.06. The number of allylic oxidation sites excluding steroid dienone is 1. The molecule has 0 radical (unpaired) electrons. The summed E-state index contributed by atoms with van der Waals surface area (Å²) in [5.41, 5.74) is 4.23. The van der Waals surface area contributed by atoms with Crippen molar-refractivity contribution in [2.75, 3.05) is 28.2 Å². The highest BCUT2D eigenvalue weighted by Gasteiger charge is 2.04. The van der Waals surface area contributed by atoms with E-state index in [1.54, 1.807) is 6.08 Å². The van der Waals surface area contributed by atoms with E-state index in [0.29, 0.717) is 0 Å². The van der Waals surface area contributed by atoms with Gasteiger partial charge in [-0.25, -0.2) is 0 Å². The summed E-state index contributed by atoms with van der Waals surface area (Å²) in [7, 11) is 8.15. The van der Waals surface area contributed by atoms with Crippen LogP contribution < -0.4 is 0 Å². The molecule has 3 nitrogen and oxygen atoms in total. The van der Waals surface area contributed by atoms with E-state index >= 15 is 0 Å². The Labute approximate surface area is 145 Å². The molecule has 0 aliphatic rings. The molecule has 3 heteroatoms. The molecule has 2 aromatic rings. The predicted octanol–water partition coefficient (Wildman–Crippen LogP) is 3.71. The zero-order valence-electron chi connectivity index (χ0n) is 15.0. The minimum Gasteiger partial charge on any atom is -0.305 e. The molecule has 2 aromatic carbocycles. The minimum absolute atomic E-state index is 0.0334. The average molecular weight is 322 g/mol. The van der Waals surface area contributed by atoms with E-state index in [9.17, 15) is 4.79 Å². The maximum atomic E-state index is 12.4. The van der Waals surface area contributed by atoms with Crippen LogP contribution in [0.2, 0.25) is 0 Å². The summed E-state index contributed by atoms with van der Waals surface area (Å²) in [5.74, 6) is 0.0334. The van der Waals surface area contributed by atoms with Gasteiger partial charge in [0.05, 0.1) is 0 Å². The van der Waals surface area contributed by atoms with Crippen molar-refractivity contribution >= 4 is 11.9 Å². The largest absolute Gasteiger partial charge is 0.305 e. The molecule has 0 aliphatic heterocycles. The molecule has 0 N–H and O–H groups in total. The third-order valence-corrected chi connectivity index (χ3v) is 3.69. The van der Waals surface area contributed by atoms with E-state index in [1.807, 2.05) is 76.7 Å². The molecule has 2 rings (SSSR count). The van der Waals surface area contributed by atoms with Crippen molar-refractivity contribution in [2.24, 2.45) is 0 Å². The van der Waals surface area contributed by atoms with Crippen LogP contribution in [-0.4, -0.2) is 43.8 Å². The van der Waals surface area contributed by atoms with Crippen LogP contribution in [0.1, 0.15) is 27.0 Å². The maximum absolute atomic E-state index is 12.4. The van der Waals surface area contributed by atoms with E-state index in [0.717, 1.165) is 24.2 Å². The molecule has 0 bridgehead atoms. The van der Waals surface area contributed by atoms with Crippen molar-refractivity contribution < 1.29 is 4.79 Å². The lowest BCUT2D eigenvalue weighted by Gasteiger charge is -2.12. The highest BCUT2D eigenvalue weighted by atomic mass is 16.1. The smallest absolute Gasteiger partial charge is 0.185 e. The fourth-order valence-electron chi connectivity index (χ4n) is 2.58. The van der Waals surface area contributed by atoms with E-state index in [2.05, 4.69) is 15.9 Å². The maximum Gasteiger partial charge on any atom is 0.185 e. The van der Waals surface area contributed by atoms with Gasteiger partial charge >= 0.3 is 0 Å². The van der Waals surface area contributed by atoms with E-state index in [-0.39, 0.29) is 5.78 Å². The van der Waals surface area contributed by atoms with Crippen molar-refractivity contribution in [2.45, 2.75) is 13.1 Å². The third-order valence-electron chi connectivity index (χ3n) is 3.69. The van der Waals surface area contributed by atoms with Gasteiger partial charge in [-0.1, -0.05) is 54.6 Å². The first-order valence-electron chi connectivity index (χ1n) is 8.14. The number of ketones is 1.